The SMILES string of the molecule is Cc1cccc(-c2nnnn2CC2CCCC(C)C2)c1N. The molecule has 1 heterocycles. The number of anilines is 1. The zero-order valence-electron chi connectivity index (χ0n) is 12.8. The van der Waals surface area contributed by atoms with Crippen LogP contribution in [0, 0.1) is 18.8 Å². The number of aryl methyl sites for hydroxylation is 1. The van der Waals surface area contributed by atoms with Gasteiger partial charge in [0.2, 0.25) is 0 Å². The van der Waals surface area contributed by atoms with Crippen molar-refractivity contribution < 1.29 is 0 Å². The van der Waals surface area contributed by atoms with Gasteiger partial charge in [-0.05, 0) is 53.7 Å². The van der Waals surface area contributed by atoms with Crippen LogP contribution >= 0.6 is 0 Å². The van der Waals surface area contributed by atoms with E-state index in [0.29, 0.717) is 5.92 Å². The molecule has 3 rings (SSSR count). The van der Waals surface area contributed by atoms with Crippen molar-refractivity contribution in [1.29, 1.82) is 0 Å². The number of nitrogens with two attached hydrogens (primary N) is 1. The molecule has 112 valence electrons. The molecule has 0 aliphatic heterocycles. The number of benzene rings is 1. The van der Waals surface area contributed by atoms with Gasteiger partial charge in [-0.3, -0.25) is 0 Å². The average molecular weight is 285 g/mol. The molecule has 1 aliphatic carbocycles. The van der Waals surface area contributed by atoms with Gasteiger partial charge in [-0.15, -0.1) is 5.10 Å². The van der Waals surface area contributed by atoms with Gasteiger partial charge in [0.05, 0.1) is 0 Å². The van der Waals surface area contributed by atoms with Gasteiger partial charge in [0.15, 0.2) is 5.82 Å². The zero-order valence-corrected chi connectivity index (χ0v) is 12.8. The fourth-order valence-corrected chi connectivity index (χ4v) is 3.37. The molecule has 1 saturated carbocycles. The Morgan fingerprint density at radius 3 is 3.00 bits per heavy atom. The van der Waals surface area contributed by atoms with Crippen LogP contribution in [0.5, 0.6) is 0 Å². The van der Waals surface area contributed by atoms with Gasteiger partial charge in [-0.2, -0.15) is 0 Å². The van der Waals surface area contributed by atoms with Crippen LogP contribution in [-0.2, 0) is 6.54 Å². The van der Waals surface area contributed by atoms with E-state index in [4.69, 9.17) is 5.73 Å². The highest BCUT2D eigenvalue weighted by Crippen LogP contribution is 2.31. The lowest BCUT2D eigenvalue weighted by Gasteiger charge is -2.26. The molecule has 0 spiro atoms. The summed E-state index contributed by atoms with van der Waals surface area (Å²) in [7, 11) is 0. The topological polar surface area (TPSA) is 69.6 Å². The smallest absolute Gasteiger partial charge is 0.184 e. The number of aromatic nitrogens is 4. The lowest BCUT2D eigenvalue weighted by atomic mass is 9.82. The van der Waals surface area contributed by atoms with E-state index in [0.717, 1.165) is 35.1 Å². The second-order valence-electron chi connectivity index (χ2n) is 6.36. The minimum Gasteiger partial charge on any atom is -0.398 e. The Morgan fingerprint density at radius 2 is 2.19 bits per heavy atom. The molecule has 0 saturated heterocycles. The standard InChI is InChI=1S/C16H23N5/c1-11-5-3-7-13(9-11)10-21-16(18-19-20-21)14-8-4-6-12(2)15(14)17/h4,6,8,11,13H,3,5,7,9-10,17H2,1-2H3. The quantitative estimate of drug-likeness (QED) is 0.880. The highest BCUT2D eigenvalue weighted by atomic mass is 15.5. The Labute approximate surface area is 125 Å². The van der Waals surface area contributed by atoms with Crippen LogP contribution in [0.25, 0.3) is 11.4 Å². The number of hydrogen-bond donors (Lipinski definition) is 1. The fourth-order valence-electron chi connectivity index (χ4n) is 3.37. The lowest BCUT2D eigenvalue weighted by Crippen LogP contribution is -2.20. The Balaban J connectivity index is 1.85. The van der Waals surface area contributed by atoms with E-state index in [2.05, 4.69) is 22.4 Å². The lowest BCUT2D eigenvalue weighted by molar-refractivity contribution is 0.249. The zero-order chi connectivity index (χ0) is 14.8. The van der Waals surface area contributed by atoms with E-state index in [9.17, 15) is 0 Å². The van der Waals surface area contributed by atoms with Crippen LogP contribution in [-0.4, -0.2) is 20.2 Å². The van der Waals surface area contributed by atoms with Gasteiger partial charge in [-0.1, -0.05) is 31.9 Å². The van der Waals surface area contributed by atoms with Gasteiger partial charge in [0, 0.05) is 17.8 Å². The van der Waals surface area contributed by atoms with Crippen molar-refractivity contribution in [3.05, 3.63) is 23.8 Å². The Hall–Kier alpha value is -1.91. The summed E-state index contributed by atoms with van der Waals surface area (Å²) in [6.07, 6.45) is 5.20. The molecule has 1 fully saturated rings. The first-order chi connectivity index (χ1) is 10.1. The summed E-state index contributed by atoms with van der Waals surface area (Å²) in [5.74, 6) is 2.27. The molecule has 5 heteroatoms. The van der Waals surface area contributed by atoms with Crippen molar-refractivity contribution in [2.45, 2.75) is 46.1 Å². The number of rotatable bonds is 3. The van der Waals surface area contributed by atoms with Crippen molar-refractivity contribution in [3.8, 4) is 11.4 Å². The Bertz CT molecular complexity index is 619. The first-order valence-corrected chi connectivity index (χ1v) is 7.76. The number of hydrogen-bond acceptors (Lipinski definition) is 4. The maximum Gasteiger partial charge on any atom is 0.184 e. The molecule has 2 unspecified atom stereocenters. The van der Waals surface area contributed by atoms with Crippen LogP contribution in [0.2, 0.25) is 0 Å². The van der Waals surface area contributed by atoms with E-state index >= 15 is 0 Å². The molecule has 1 aromatic heterocycles. The molecule has 0 radical (unpaired) electrons. The van der Waals surface area contributed by atoms with Crippen LogP contribution in [0.1, 0.15) is 38.2 Å². The second kappa shape index (κ2) is 5.84. The second-order valence-corrected chi connectivity index (χ2v) is 6.36. The number of nitrogens with zero attached hydrogens (tertiary/aromatic N) is 4. The average Bonchev–Trinajstić information content (AvgIpc) is 2.90. The van der Waals surface area contributed by atoms with E-state index in [1.165, 1.54) is 25.7 Å². The van der Waals surface area contributed by atoms with Crippen molar-refractivity contribution in [1.82, 2.24) is 20.2 Å². The summed E-state index contributed by atoms with van der Waals surface area (Å²) in [4.78, 5) is 0. The monoisotopic (exact) mass is 285 g/mol. The Morgan fingerprint density at radius 1 is 1.33 bits per heavy atom. The molecular weight excluding hydrogens is 262 g/mol. The molecule has 2 atom stereocenters. The van der Waals surface area contributed by atoms with Crippen molar-refractivity contribution in [2.75, 3.05) is 5.73 Å². The van der Waals surface area contributed by atoms with E-state index in [1.54, 1.807) is 0 Å². The molecule has 5 nitrogen and oxygen atoms in total. The Kier molecular flexibility index (Phi) is 3.90. The normalized spacial score (nSPS) is 22.4. The van der Waals surface area contributed by atoms with Gasteiger partial charge < -0.3 is 5.73 Å². The van der Waals surface area contributed by atoms with Gasteiger partial charge in [-0.25, -0.2) is 4.68 Å². The maximum absolute atomic E-state index is 6.19. The third-order valence-electron chi connectivity index (χ3n) is 4.57. The molecule has 1 aliphatic rings. The van der Waals surface area contributed by atoms with Gasteiger partial charge in [0.25, 0.3) is 0 Å². The molecule has 1 aromatic carbocycles. The summed E-state index contributed by atoms with van der Waals surface area (Å²) in [6.45, 7) is 5.24. The number of nitrogen functional groups attached to an aromatic ring is 1. The maximum atomic E-state index is 6.19. The molecule has 0 amide bonds. The molecule has 2 N–H and O–H groups in total. The molecule has 0 bridgehead atoms. The van der Waals surface area contributed by atoms with E-state index in [-0.39, 0.29) is 0 Å². The number of tetrazole rings is 1. The third-order valence-corrected chi connectivity index (χ3v) is 4.57. The fraction of sp³-hybridized carbons (Fsp3) is 0.562. The van der Waals surface area contributed by atoms with Crippen LogP contribution < -0.4 is 5.73 Å². The van der Waals surface area contributed by atoms with Crippen LogP contribution in [0.15, 0.2) is 18.2 Å². The van der Waals surface area contributed by atoms with Gasteiger partial charge in [0.1, 0.15) is 0 Å². The first kappa shape index (κ1) is 14.0. The summed E-state index contributed by atoms with van der Waals surface area (Å²) in [5.41, 5.74) is 8.96. The minimum atomic E-state index is 0.669. The minimum absolute atomic E-state index is 0.669. The first-order valence-electron chi connectivity index (χ1n) is 7.76. The predicted molar refractivity (Wildman–Crippen MR) is 83.5 cm³/mol. The van der Waals surface area contributed by atoms with Gasteiger partial charge >= 0.3 is 0 Å². The molecule has 2 aromatic rings. The van der Waals surface area contributed by atoms with Crippen LogP contribution in [0.4, 0.5) is 5.69 Å². The summed E-state index contributed by atoms with van der Waals surface area (Å²) in [5, 5.41) is 12.2. The third kappa shape index (κ3) is 2.91. The molecule has 21 heavy (non-hydrogen) atoms. The van der Waals surface area contributed by atoms with Crippen molar-refractivity contribution in [2.24, 2.45) is 11.8 Å². The summed E-state index contributed by atoms with van der Waals surface area (Å²) < 4.78 is 1.92. The highest BCUT2D eigenvalue weighted by molar-refractivity contribution is 5.73. The summed E-state index contributed by atoms with van der Waals surface area (Å²) >= 11 is 0. The summed E-state index contributed by atoms with van der Waals surface area (Å²) in [6, 6.07) is 6.01. The molecular formula is C16H23N5. The van der Waals surface area contributed by atoms with Crippen LogP contribution in [0.3, 0.4) is 0 Å². The highest BCUT2D eigenvalue weighted by Gasteiger charge is 2.22. The van der Waals surface area contributed by atoms with E-state index < -0.39 is 0 Å². The largest absolute Gasteiger partial charge is 0.398 e. The van der Waals surface area contributed by atoms with Crippen molar-refractivity contribution >= 4 is 5.69 Å². The predicted octanol–water partition coefficient (Wildman–Crippen LogP) is 3.06. The van der Waals surface area contributed by atoms with E-state index in [1.807, 2.05) is 29.8 Å². The number of para-hydroxylation sites is 1. The van der Waals surface area contributed by atoms with Crippen molar-refractivity contribution in [3.63, 3.8) is 0 Å².